The zero-order chi connectivity index (χ0) is 20.5. The number of hydrogen-bond acceptors (Lipinski definition) is 7. The van der Waals surface area contributed by atoms with Crippen LogP contribution < -0.4 is 10.2 Å². The number of aryl methyl sites for hydroxylation is 1. The van der Waals surface area contributed by atoms with Crippen LogP contribution in [-0.4, -0.2) is 34.2 Å². The van der Waals surface area contributed by atoms with Crippen LogP contribution in [0.4, 0.5) is 10.9 Å². The lowest BCUT2D eigenvalue weighted by Crippen LogP contribution is -2.38. The van der Waals surface area contributed by atoms with E-state index in [9.17, 15) is 4.79 Å². The van der Waals surface area contributed by atoms with Crippen molar-refractivity contribution < 1.29 is 4.79 Å². The van der Waals surface area contributed by atoms with Crippen molar-refractivity contribution in [1.82, 2.24) is 15.2 Å². The molecule has 1 N–H and O–H groups in total. The molecule has 1 aliphatic rings. The molecule has 1 fully saturated rings. The second kappa shape index (κ2) is 8.12. The summed E-state index contributed by atoms with van der Waals surface area (Å²) < 4.78 is 1.10. The Morgan fingerprint density at radius 2 is 2.00 bits per heavy atom. The number of anilines is 2. The van der Waals surface area contributed by atoms with Crippen LogP contribution in [0, 0.1) is 12.8 Å². The van der Waals surface area contributed by atoms with Crippen molar-refractivity contribution in [2.24, 2.45) is 5.92 Å². The quantitative estimate of drug-likeness (QED) is 0.490. The van der Waals surface area contributed by atoms with Crippen molar-refractivity contribution in [3.63, 3.8) is 0 Å². The number of thiophene rings is 1. The second-order valence-electron chi connectivity index (χ2n) is 7.49. The maximum absolute atomic E-state index is 12.7. The van der Waals surface area contributed by atoms with Crippen LogP contribution in [0.2, 0.25) is 0 Å². The molecule has 1 amide bonds. The fraction of sp³-hybridized carbons (Fsp3) is 0.273. The predicted octanol–water partition coefficient (Wildman–Crippen LogP) is 4.98. The molecule has 0 bridgehead atoms. The molecule has 0 spiro atoms. The van der Waals surface area contributed by atoms with E-state index in [4.69, 9.17) is 0 Å². The number of rotatable bonds is 4. The van der Waals surface area contributed by atoms with E-state index in [-0.39, 0.29) is 11.8 Å². The Balaban J connectivity index is 1.19. The number of benzene rings is 1. The monoisotopic (exact) mass is 435 g/mol. The first-order valence-electron chi connectivity index (χ1n) is 9.96. The van der Waals surface area contributed by atoms with Crippen LogP contribution in [0.25, 0.3) is 20.8 Å². The van der Waals surface area contributed by atoms with E-state index in [1.165, 1.54) is 16.9 Å². The summed E-state index contributed by atoms with van der Waals surface area (Å²) in [6.07, 6.45) is 1.59. The van der Waals surface area contributed by atoms with Gasteiger partial charge in [0, 0.05) is 19.0 Å². The molecule has 152 valence electrons. The maximum Gasteiger partial charge on any atom is 0.229 e. The zero-order valence-corrected chi connectivity index (χ0v) is 18.2. The molecule has 0 aliphatic carbocycles. The van der Waals surface area contributed by atoms with E-state index in [0.717, 1.165) is 52.5 Å². The Hall–Kier alpha value is -2.84. The minimum Gasteiger partial charge on any atom is -0.355 e. The van der Waals surface area contributed by atoms with Crippen LogP contribution >= 0.6 is 22.7 Å². The van der Waals surface area contributed by atoms with E-state index in [1.807, 2.05) is 41.8 Å². The Morgan fingerprint density at radius 1 is 1.13 bits per heavy atom. The van der Waals surface area contributed by atoms with E-state index in [2.05, 4.69) is 38.4 Å². The Kier molecular flexibility index (Phi) is 5.18. The number of nitrogens with zero attached hydrogens (tertiary/aromatic N) is 4. The summed E-state index contributed by atoms with van der Waals surface area (Å²) in [7, 11) is 0. The highest BCUT2D eigenvalue weighted by Crippen LogP contribution is 2.29. The van der Waals surface area contributed by atoms with Crippen molar-refractivity contribution >= 4 is 49.7 Å². The smallest absolute Gasteiger partial charge is 0.229 e. The van der Waals surface area contributed by atoms with E-state index >= 15 is 0 Å². The lowest BCUT2D eigenvalue weighted by molar-refractivity contribution is -0.120. The molecule has 1 aliphatic heterocycles. The first-order chi connectivity index (χ1) is 14.7. The van der Waals surface area contributed by atoms with Gasteiger partial charge in [0.05, 0.1) is 15.1 Å². The fourth-order valence-electron chi connectivity index (χ4n) is 3.71. The molecule has 30 heavy (non-hydrogen) atoms. The van der Waals surface area contributed by atoms with Gasteiger partial charge in [0.2, 0.25) is 5.91 Å². The Bertz CT molecular complexity index is 1160. The number of carbonyl (C=O) groups excluding carboxylic acids is 1. The summed E-state index contributed by atoms with van der Waals surface area (Å²) in [5.41, 5.74) is 3.03. The van der Waals surface area contributed by atoms with Gasteiger partial charge in [-0.15, -0.1) is 21.5 Å². The fourth-order valence-corrected chi connectivity index (χ4v) is 5.37. The third kappa shape index (κ3) is 3.93. The lowest BCUT2D eigenvalue weighted by atomic mass is 9.96. The highest BCUT2D eigenvalue weighted by Gasteiger charge is 2.26. The van der Waals surface area contributed by atoms with Gasteiger partial charge in [-0.2, -0.15) is 0 Å². The summed E-state index contributed by atoms with van der Waals surface area (Å²) in [6, 6.07) is 14.2. The number of thiazole rings is 1. The van der Waals surface area contributed by atoms with Crippen molar-refractivity contribution in [2.75, 3.05) is 23.3 Å². The molecule has 3 aromatic heterocycles. The van der Waals surface area contributed by atoms with Gasteiger partial charge in [-0.3, -0.25) is 4.79 Å². The van der Waals surface area contributed by atoms with Gasteiger partial charge in [0.25, 0.3) is 0 Å². The van der Waals surface area contributed by atoms with Crippen LogP contribution in [0.3, 0.4) is 0 Å². The summed E-state index contributed by atoms with van der Waals surface area (Å²) in [6.45, 7) is 3.65. The summed E-state index contributed by atoms with van der Waals surface area (Å²) in [5.74, 6) is 0.925. The molecular weight excluding hydrogens is 414 g/mol. The third-order valence-electron chi connectivity index (χ3n) is 5.39. The highest BCUT2D eigenvalue weighted by molar-refractivity contribution is 7.22. The van der Waals surface area contributed by atoms with Gasteiger partial charge in [0.1, 0.15) is 5.69 Å². The number of carbonyl (C=O) groups is 1. The normalized spacial score (nSPS) is 14.9. The van der Waals surface area contributed by atoms with Crippen molar-refractivity contribution in [1.29, 1.82) is 0 Å². The van der Waals surface area contributed by atoms with Gasteiger partial charge in [-0.1, -0.05) is 23.5 Å². The van der Waals surface area contributed by atoms with Crippen molar-refractivity contribution in [3.05, 3.63) is 53.4 Å². The maximum atomic E-state index is 12.7. The minimum atomic E-state index is -0.00616. The average molecular weight is 436 g/mol. The summed E-state index contributed by atoms with van der Waals surface area (Å²) >= 11 is 3.19. The van der Waals surface area contributed by atoms with Gasteiger partial charge < -0.3 is 10.2 Å². The number of piperidine rings is 1. The lowest BCUT2D eigenvalue weighted by Gasteiger charge is -2.31. The van der Waals surface area contributed by atoms with E-state index in [1.54, 1.807) is 11.3 Å². The molecule has 4 heterocycles. The third-order valence-corrected chi connectivity index (χ3v) is 7.21. The van der Waals surface area contributed by atoms with Crippen molar-refractivity contribution in [2.45, 2.75) is 19.8 Å². The van der Waals surface area contributed by atoms with Crippen LogP contribution in [-0.2, 0) is 4.79 Å². The average Bonchev–Trinajstić information content (AvgIpc) is 3.43. The first-order valence-corrected chi connectivity index (χ1v) is 11.7. The molecule has 5 rings (SSSR count). The number of amides is 1. The Labute approximate surface area is 182 Å². The Morgan fingerprint density at radius 3 is 2.73 bits per heavy atom. The molecule has 0 atom stereocenters. The number of hydrogen-bond donors (Lipinski definition) is 1. The van der Waals surface area contributed by atoms with E-state index < -0.39 is 0 Å². The van der Waals surface area contributed by atoms with E-state index in [0.29, 0.717) is 5.13 Å². The summed E-state index contributed by atoms with van der Waals surface area (Å²) in [5, 5.41) is 14.5. The molecule has 6 nitrogen and oxygen atoms in total. The van der Waals surface area contributed by atoms with Crippen molar-refractivity contribution in [3.8, 4) is 10.6 Å². The van der Waals surface area contributed by atoms with Crippen LogP contribution in [0.5, 0.6) is 0 Å². The highest BCUT2D eigenvalue weighted by atomic mass is 32.1. The van der Waals surface area contributed by atoms with Gasteiger partial charge in [-0.25, -0.2) is 4.98 Å². The molecule has 4 aromatic rings. The molecular formula is C22H21N5OS2. The van der Waals surface area contributed by atoms with Gasteiger partial charge in [-0.05, 0) is 61.0 Å². The SMILES string of the molecule is Cc1ccc2nc(NC(=O)C3CCN(c4ccc(-c5cccs5)nn4)CC3)sc2c1. The number of fused-ring (bicyclic) bond motifs is 1. The predicted molar refractivity (Wildman–Crippen MR) is 123 cm³/mol. The van der Waals surface area contributed by atoms with Crippen LogP contribution in [0.1, 0.15) is 18.4 Å². The minimum absolute atomic E-state index is 0.00616. The van der Waals surface area contributed by atoms with Gasteiger partial charge >= 0.3 is 0 Å². The molecule has 0 radical (unpaired) electrons. The molecule has 0 saturated carbocycles. The zero-order valence-electron chi connectivity index (χ0n) is 16.5. The topological polar surface area (TPSA) is 71.0 Å². The standard InChI is InChI=1S/C22H21N5OS2/c1-14-4-5-16-19(13-14)30-22(23-16)24-21(28)15-8-10-27(11-9-15)20-7-6-17(25-26-20)18-3-2-12-29-18/h2-7,12-13,15H,8-11H2,1H3,(H,23,24,28). The van der Waals surface area contributed by atoms with Gasteiger partial charge in [0.15, 0.2) is 10.9 Å². The molecule has 8 heteroatoms. The molecule has 0 unspecified atom stereocenters. The first kappa shape index (κ1) is 19.1. The van der Waals surface area contributed by atoms with Crippen LogP contribution in [0.15, 0.2) is 47.8 Å². The molecule has 1 aromatic carbocycles. The summed E-state index contributed by atoms with van der Waals surface area (Å²) in [4.78, 5) is 20.6. The number of aromatic nitrogens is 3. The second-order valence-corrected chi connectivity index (χ2v) is 9.47. The molecule has 1 saturated heterocycles. The number of nitrogens with one attached hydrogen (secondary N) is 1. The largest absolute Gasteiger partial charge is 0.355 e.